The molecule has 0 amide bonds. The van der Waals surface area contributed by atoms with E-state index in [1.54, 1.807) is 12.1 Å². The molecule has 39 heavy (non-hydrogen) atoms. The standard InChI is InChI=1S/C30H35Cl3O5Si/c1-29(2,3)39(25-15-9-5-10-16-25,26-17-11-6-12-18-26)38-22-20-35-19-21-36-27(24-13-7-4-8-14-24)28(34)37-23-30(31,32)33/h4-18,27H,19-23H2,1-3H3. The summed E-state index contributed by atoms with van der Waals surface area (Å²) in [5.41, 5.74) is 0.641. The molecule has 0 bridgehead atoms. The van der Waals surface area contributed by atoms with E-state index in [9.17, 15) is 4.79 Å². The first kappa shape index (κ1) is 31.6. The van der Waals surface area contributed by atoms with Crippen LogP contribution in [0.3, 0.4) is 0 Å². The largest absolute Gasteiger partial charge is 0.459 e. The van der Waals surface area contributed by atoms with Crippen LogP contribution in [-0.2, 0) is 23.4 Å². The van der Waals surface area contributed by atoms with Gasteiger partial charge in [-0.2, -0.15) is 0 Å². The molecule has 3 aromatic rings. The summed E-state index contributed by atoms with van der Waals surface area (Å²) in [5, 5.41) is 2.31. The number of halogens is 3. The highest BCUT2D eigenvalue weighted by molar-refractivity contribution is 6.99. The van der Waals surface area contributed by atoms with Crippen LogP contribution in [0.2, 0.25) is 5.04 Å². The maximum Gasteiger partial charge on any atom is 0.340 e. The zero-order valence-corrected chi connectivity index (χ0v) is 25.7. The molecule has 0 fully saturated rings. The summed E-state index contributed by atoms with van der Waals surface area (Å²) in [4.78, 5) is 12.7. The van der Waals surface area contributed by atoms with Crippen LogP contribution in [0.5, 0.6) is 0 Å². The molecule has 210 valence electrons. The molecule has 0 saturated carbocycles. The lowest BCUT2D eigenvalue weighted by Crippen LogP contribution is -2.66. The number of alkyl halides is 3. The molecule has 9 heteroatoms. The minimum absolute atomic E-state index is 0.116. The third-order valence-corrected chi connectivity index (χ3v) is 11.5. The first-order chi connectivity index (χ1) is 18.5. The fourth-order valence-electron chi connectivity index (χ4n) is 4.50. The first-order valence-corrected chi connectivity index (χ1v) is 15.8. The molecular weight excluding hydrogens is 575 g/mol. The second-order valence-electron chi connectivity index (χ2n) is 10.0. The number of esters is 1. The van der Waals surface area contributed by atoms with Crippen molar-refractivity contribution in [3.05, 3.63) is 96.6 Å². The Hall–Kier alpha value is -1.90. The summed E-state index contributed by atoms with van der Waals surface area (Å²) in [6, 6.07) is 29.9. The Bertz CT molecular complexity index is 1100. The maximum atomic E-state index is 12.7. The Kier molecular flexibility index (Phi) is 11.9. The molecular formula is C30H35Cl3O5Si. The van der Waals surface area contributed by atoms with Gasteiger partial charge in [-0.05, 0) is 21.0 Å². The van der Waals surface area contributed by atoms with Crippen LogP contribution in [-0.4, -0.2) is 51.1 Å². The van der Waals surface area contributed by atoms with E-state index in [0.717, 1.165) is 0 Å². The monoisotopic (exact) mass is 608 g/mol. The normalized spacial score (nSPS) is 13.2. The van der Waals surface area contributed by atoms with E-state index >= 15 is 0 Å². The van der Waals surface area contributed by atoms with Gasteiger partial charge in [0.15, 0.2) is 6.10 Å². The van der Waals surface area contributed by atoms with Crippen molar-refractivity contribution >= 4 is 59.5 Å². The molecule has 0 spiro atoms. The highest BCUT2D eigenvalue weighted by Gasteiger charge is 2.50. The van der Waals surface area contributed by atoms with Gasteiger partial charge in [0, 0.05) is 0 Å². The summed E-state index contributed by atoms with van der Waals surface area (Å²) >= 11 is 17.2. The minimum atomic E-state index is -2.62. The number of benzene rings is 3. The van der Waals surface area contributed by atoms with E-state index in [1.165, 1.54) is 10.4 Å². The van der Waals surface area contributed by atoms with Crippen molar-refractivity contribution in [2.45, 2.75) is 35.7 Å². The third kappa shape index (κ3) is 9.05. The average Bonchev–Trinajstić information content (AvgIpc) is 2.91. The van der Waals surface area contributed by atoms with Gasteiger partial charge in [-0.3, -0.25) is 0 Å². The number of rotatable bonds is 13. The Morgan fingerprint density at radius 3 is 1.72 bits per heavy atom. The molecule has 0 aromatic heterocycles. The van der Waals surface area contributed by atoms with Crippen LogP contribution in [0, 0.1) is 0 Å². The molecule has 1 atom stereocenters. The van der Waals surface area contributed by atoms with Gasteiger partial charge in [-0.15, -0.1) is 0 Å². The predicted molar refractivity (Wildman–Crippen MR) is 161 cm³/mol. The van der Waals surface area contributed by atoms with E-state index in [1.807, 2.05) is 30.3 Å². The van der Waals surface area contributed by atoms with Crippen molar-refractivity contribution in [2.75, 3.05) is 33.0 Å². The van der Waals surface area contributed by atoms with Crippen LogP contribution in [0.1, 0.15) is 32.4 Å². The molecule has 0 radical (unpaired) electrons. The summed E-state index contributed by atoms with van der Waals surface area (Å²) in [6.45, 7) is 7.56. The molecule has 3 rings (SSSR count). The Balaban J connectivity index is 1.60. The lowest BCUT2D eigenvalue weighted by Gasteiger charge is -2.43. The van der Waals surface area contributed by atoms with Gasteiger partial charge in [0.1, 0.15) is 6.61 Å². The van der Waals surface area contributed by atoms with Crippen molar-refractivity contribution in [3.8, 4) is 0 Å². The second kappa shape index (κ2) is 14.6. The van der Waals surface area contributed by atoms with E-state index in [-0.39, 0.29) is 24.9 Å². The van der Waals surface area contributed by atoms with Crippen LogP contribution in [0.25, 0.3) is 0 Å². The fraction of sp³-hybridized carbons (Fsp3) is 0.367. The number of hydrogen-bond donors (Lipinski definition) is 0. The van der Waals surface area contributed by atoms with Crippen LogP contribution < -0.4 is 10.4 Å². The summed E-state index contributed by atoms with van der Waals surface area (Å²) in [5.74, 6) is -0.637. The molecule has 0 aliphatic heterocycles. The van der Waals surface area contributed by atoms with Crippen LogP contribution in [0.4, 0.5) is 0 Å². The lowest BCUT2D eigenvalue weighted by molar-refractivity contribution is -0.158. The Morgan fingerprint density at radius 2 is 1.23 bits per heavy atom. The second-order valence-corrected chi connectivity index (χ2v) is 16.8. The molecule has 1 unspecified atom stereocenters. The zero-order chi connectivity index (χ0) is 28.4. The predicted octanol–water partition coefficient (Wildman–Crippen LogP) is 6.25. The Morgan fingerprint density at radius 1 is 0.744 bits per heavy atom. The van der Waals surface area contributed by atoms with Gasteiger partial charge in [0.2, 0.25) is 3.79 Å². The Labute approximate surface area is 247 Å². The van der Waals surface area contributed by atoms with Crippen molar-refractivity contribution < 1.29 is 23.4 Å². The van der Waals surface area contributed by atoms with Gasteiger partial charge in [0.25, 0.3) is 8.32 Å². The van der Waals surface area contributed by atoms with E-state index < -0.39 is 24.2 Å². The van der Waals surface area contributed by atoms with Crippen molar-refractivity contribution in [1.82, 2.24) is 0 Å². The van der Waals surface area contributed by atoms with Gasteiger partial charge in [0.05, 0.1) is 26.4 Å². The van der Waals surface area contributed by atoms with E-state index in [2.05, 4.69) is 69.3 Å². The number of carbonyl (C=O) groups is 1. The highest BCUT2D eigenvalue weighted by Crippen LogP contribution is 2.36. The molecule has 0 saturated heterocycles. The SMILES string of the molecule is CC(C)(C)[Si](OCCOCCOC(C(=O)OCC(Cl)(Cl)Cl)c1ccccc1)(c1ccccc1)c1ccccc1. The number of ether oxygens (including phenoxy) is 3. The van der Waals surface area contributed by atoms with E-state index in [4.69, 9.17) is 53.4 Å². The van der Waals surface area contributed by atoms with Crippen LogP contribution in [0.15, 0.2) is 91.0 Å². The minimum Gasteiger partial charge on any atom is -0.459 e. The zero-order valence-electron chi connectivity index (χ0n) is 22.4. The number of hydrogen-bond acceptors (Lipinski definition) is 5. The molecule has 3 aromatic carbocycles. The highest BCUT2D eigenvalue weighted by atomic mass is 35.6. The van der Waals surface area contributed by atoms with Crippen LogP contribution >= 0.6 is 34.8 Å². The van der Waals surface area contributed by atoms with Crippen molar-refractivity contribution in [3.63, 3.8) is 0 Å². The average molecular weight is 610 g/mol. The number of carbonyl (C=O) groups excluding carboxylic acids is 1. The fourth-order valence-corrected chi connectivity index (χ4v) is 9.21. The van der Waals surface area contributed by atoms with Gasteiger partial charge in [-0.25, -0.2) is 4.79 Å². The summed E-state index contributed by atoms with van der Waals surface area (Å²) in [6.07, 6.45) is -0.962. The first-order valence-electron chi connectivity index (χ1n) is 12.8. The van der Waals surface area contributed by atoms with E-state index in [0.29, 0.717) is 18.8 Å². The lowest BCUT2D eigenvalue weighted by atomic mass is 10.1. The maximum absolute atomic E-state index is 12.7. The molecule has 0 aliphatic rings. The molecule has 0 aliphatic carbocycles. The molecule has 0 heterocycles. The quantitative estimate of drug-likeness (QED) is 0.0992. The molecule has 5 nitrogen and oxygen atoms in total. The van der Waals surface area contributed by atoms with Gasteiger partial charge in [-0.1, -0.05) is 147 Å². The van der Waals surface area contributed by atoms with Crippen molar-refractivity contribution in [2.24, 2.45) is 0 Å². The topological polar surface area (TPSA) is 54.0 Å². The summed E-state index contributed by atoms with van der Waals surface area (Å²) in [7, 11) is -2.62. The smallest absolute Gasteiger partial charge is 0.340 e. The van der Waals surface area contributed by atoms with Crippen molar-refractivity contribution in [1.29, 1.82) is 0 Å². The van der Waals surface area contributed by atoms with Gasteiger partial charge >= 0.3 is 5.97 Å². The summed E-state index contributed by atoms with van der Waals surface area (Å²) < 4.78 is 22.0. The molecule has 0 N–H and O–H groups in total. The van der Waals surface area contributed by atoms with Gasteiger partial charge < -0.3 is 18.6 Å². The third-order valence-electron chi connectivity index (χ3n) is 6.17.